The number of fused-ring (bicyclic) bond motifs is 1. The molecular formula is C43H56N6O11Si+. The number of nitrogens with zero attached hydrogens (tertiary/aromatic N) is 4. The van der Waals surface area contributed by atoms with Gasteiger partial charge in [0.25, 0.3) is 17.7 Å². The molecule has 1 saturated heterocycles. The molecule has 0 spiro atoms. The first kappa shape index (κ1) is 46.3. The molecule has 2 atom stereocenters. The number of carbonyl (C=O) groups is 6. The van der Waals surface area contributed by atoms with Crippen molar-refractivity contribution in [3.8, 4) is 5.75 Å². The van der Waals surface area contributed by atoms with Crippen molar-refractivity contribution in [2.24, 2.45) is 5.92 Å². The molecule has 0 bridgehead atoms. The molecule has 2 N–H and O–H groups in total. The highest BCUT2D eigenvalue weighted by molar-refractivity contribution is 6.23. The highest BCUT2D eigenvalue weighted by Crippen LogP contribution is 2.28. The van der Waals surface area contributed by atoms with Gasteiger partial charge in [-0.15, -0.1) is 9.75 Å². The second kappa shape index (κ2) is 18.9. The number of rotatable bonds is 15. The summed E-state index contributed by atoms with van der Waals surface area (Å²) >= 11 is 0. The Hall–Kier alpha value is -5.75. The molecule has 5 rings (SSSR count). The predicted molar refractivity (Wildman–Crippen MR) is 222 cm³/mol. The predicted octanol–water partition coefficient (Wildman–Crippen LogP) is 5.08. The maximum atomic E-state index is 13.5. The molecule has 5 amide bonds. The monoisotopic (exact) mass is 860 g/mol. The first-order valence-corrected chi connectivity index (χ1v) is 20.7. The quantitative estimate of drug-likeness (QED) is 0.0518. The van der Waals surface area contributed by atoms with Crippen LogP contribution in [0.25, 0.3) is 0 Å². The number of amides is 5. The average Bonchev–Trinajstić information content (AvgIpc) is 3.62. The molecule has 1 aromatic heterocycles. The van der Waals surface area contributed by atoms with Crippen molar-refractivity contribution in [2.45, 2.75) is 110 Å². The van der Waals surface area contributed by atoms with Crippen LogP contribution in [-0.2, 0) is 36.9 Å². The van der Waals surface area contributed by atoms with Crippen molar-refractivity contribution in [3.05, 3.63) is 77.6 Å². The lowest BCUT2D eigenvalue weighted by atomic mass is 10.0. The van der Waals surface area contributed by atoms with E-state index in [1.165, 1.54) is 12.1 Å². The summed E-state index contributed by atoms with van der Waals surface area (Å²) in [7, 11) is 3.40. The Balaban J connectivity index is 1.23. The molecule has 18 heteroatoms. The third-order valence-electron chi connectivity index (χ3n) is 9.01. The van der Waals surface area contributed by atoms with Crippen LogP contribution in [0.2, 0.25) is 5.54 Å². The van der Waals surface area contributed by atoms with Gasteiger partial charge in [0.05, 0.1) is 35.3 Å². The number of alkyl carbamates (subject to hydrolysis) is 1. The number of anilines is 1. The minimum Gasteiger partial charge on any atom is -0.491 e. The molecule has 1 fully saturated rings. The third-order valence-corrected chi connectivity index (χ3v) is 9.62. The smallest absolute Gasteiger partial charge is 0.410 e. The van der Waals surface area contributed by atoms with E-state index in [-0.39, 0.29) is 35.7 Å². The van der Waals surface area contributed by atoms with E-state index in [2.05, 4.69) is 20.9 Å². The van der Waals surface area contributed by atoms with Crippen LogP contribution < -0.4 is 20.1 Å². The van der Waals surface area contributed by atoms with Gasteiger partial charge >= 0.3 is 18.2 Å². The van der Waals surface area contributed by atoms with Crippen LogP contribution in [0.5, 0.6) is 5.75 Å². The van der Waals surface area contributed by atoms with Gasteiger partial charge in [0.1, 0.15) is 41.0 Å². The number of aryl methyl sites for hydroxylation is 1. The Morgan fingerprint density at radius 3 is 2.00 bits per heavy atom. The first-order chi connectivity index (χ1) is 28.5. The lowest BCUT2D eigenvalue weighted by molar-refractivity contribution is -0.781. The minimum atomic E-state index is -1.19. The summed E-state index contributed by atoms with van der Waals surface area (Å²) in [6.45, 7) is 18.2. The van der Waals surface area contributed by atoms with Crippen LogP contribution in [0.4, 0.5) is 15.3 Å². The molecule has 3 heterocycles. The second-order valence-corrected chi connectivity index (χ2v) is 18.5. The van der Waals surface area contributed by atoms with E-state index in [9.17, 15) is 28.8 Å². The molecule has 17 nitrogen and oxygen atoms in total. The van der Waals surface area contributed by atoms with Gasteiger partial charge in [-0.3, -0.25) is 24.0 Å². The van der Waals surface area contributed by atoms with Crippen molar-refractivity contribution in [1.29, 1.82) is 0 Å². The lowest BCUT2D eigenvalue weighted by Gasteiger charge is -2.38. The summed E-state index contributed by atoms with van der Waals surface area (Å²) in [5, 5.41) is 6.33. The largest absolute Gasteiger partial charge is 0.491 e. The maximum absolute atomic E-state index is 13.5. The average molecular weight is 861 g/mol. The van der Waals surface area contributed by atoms with Crippen LogP contribution in [0.3, 0.4) is 0 Å². The Kier molecular flexibility index (Phi) is 14.3. The number of hydrogen-bond acceptors (Lipinski definition) is 11. The van der Waals surface area contributed by atoms with Gasteiger partial charge in [-0.1, -0.05) is 12.1 Å². The molecule has 3 radical (unpaired) electrons. The van der Waals surface area contributed by atoms with E-state index in [0.29, 0.717) is 61.2 Å². The topological polar surface area (TPSA) is 188 Å². The van der Waals surface area contributed by atoms with Crippen LogP contribution in [0.1, 0.15) is 99.8 Å². The summed E-state index contributed by atoms with van der Waals surface area (Å²) in [5.74, 6) is -1.95. The van der Waals surface area contributed by atoms with Crippen LogP contribution >= 0.6 is 0 Å². The van der Waals surface area contributed by atoms with Crippen molar-refractivity contribution >= 4 is 51.8 Å². The number of ether oxygens (including phenoxy) is 4. The van der Waals surface area contributed by atoms with Crippen molar-refractivity contribution in [2.75, 3.05) is 31.6 Å². The molecule has 2 aliphatic heterocycles. The molecule has 327 valence electrons. The van der Waals surface area contributed by atoms with E-state index in [4.69, 9.17) is 23.8 Å². The second-order valence-electron chi connectivity index (χ2n) is 17.9. The molecule has 61 heavy (non-hydrogen) atoms. The fourth-order valence-electron chi connectivity index (χ4n) is 6.28. The zero-order chi connectivity index (χ0) is 44.9. The fraction of sp³-hybridized carbons (Fsp3) is 0.512. The number of hydrogen-bond donors (Lipinski definition) is 2. The number of aromatic nitrogens is 2. The number of hydroxylamine groups is 2. The number of esters is 1. The summed E-state index contributed by atoms with van der Waals surface area (Å²) in [4.78, 5) is 84.9. The van der Waals surface area contributed by atoms with E-state index >= 15 is 0 Å². The van der Waals surface area contributed by atoms with Gasteiger partial charge in [0.2, 0.25) is 6.20 Å². The van der Waals surface area contributed by atoms with Crippen LogP contribution in [-0.4, -0.2) is 110 Å². The van der Waals surface area contributed by atoms with Gasteiger partial charge in [-0.25, -0.2) is 9.59 Å². The van der Waals surface area contributed by atoms with Crippen LogP contribution in [0, 0.1) is 5.92 Å². The highest BCUT2D eigenvalue weighted by atomic mass is 28.1. The third kappa shape index (κ3) is 13.1. The van der Waals surface area contributed by atoms with E-state index < -0.39 is 52.3 Å². The van der Waals surface area contributed by atoms with Crippen molar-refractivity contribution in [3.63, 3.8) is 0 Å². The lowest BCUT2D eigenvalue weighted by Crippen LogP contribution is -2.58. The molecule has 2 aromatic carbocycles. The Labute approximate surface area is 359 Å². The number of likely N-dealkylation sites (tertiary alicyclic amines) is 1. The Morgan fingerprint density at radius 1 is 0.836 bits per heavy atom. The molecule has 0 saturated carbocycles. The Morgan fingerprint density at radius 2 is 1.43 bits per heavy atom. The molecule has 2 aliphatic rings. The highest BCUT2D eigenvalue weighted by Gasteiger charge is 2.41. The first-order valence-electron chi connectivity index (χ1n) is 20.1. The zero-order valence-electron chi connectivity index (χ0n) is 36.2. The molecule has 1 unspecified atom stereocenters. The maximum Gasteiger partial charge on any atom is 0.410 e. The van der Waals surface area contributed by atoms with Gasteiger partial charge in [-0.2, -0.15) is 4.68 Å². The van der Waals surface area contributed by atoms with Gasteiger partial charge in [-0.05, 0) is 105 Å². The van der Waals surface area contributed by atoms with Gasteiger partial charge in [0, 0.05) is 35.4 Å². The summed E-state index contributed by atoms with van der Waals surface area (Å²) < 4.78 is 26.2. The molecule has 3 aromatic rings. The fourth-order valence-corrected chi connectivity index (χ4v) is 6.49. The van der Waals surface area contributed by atoms with E-state index in [1.807, 2.05) is 42.5 Å². The van der Waals surface area contributed by atoms with Gasteiger partial charge in [0.15, 0.2) is 6.54 Å². The van der Waals surface area contributed by atoms with Crippen LogP contribution in [0.15, 0.2) is 60.9 Å². The normalized spacial score (nSPS) is 15.4. The number of carbonyl (C=O) groups excluding carboxylic acids is 6. The number of nitrogens with one attached hydrogen (secondary N) is 2. The van der Waals surface area contributed by atoms with E-state index in [1.54, 1.807) is 82.8 Å². The van der Waals surface area contributed by atoms with Crippen molar-refractivity contribution < 1.29 is 57.2 Å². The van der Waals surface area contributed by atoms with E-state index in [0.717, 1.165) is 0 Å². The molecule has 0 aliphatic carbocycles. The van der Waals surface area contributed by atoms with Crippen molar-refractivity contribution in [1.82, 2.24) is 20.0 Å². The molecular weight excluding hydrogens is 805 g/mol. The zero-order valence-corrected chi connectivity index (χ0v) is 37.2. The summed E-state index contributed by atoms with van der Waals surface area (Å²) in [6.07, 6.45) is 2.15. The SMILES string of the molecule is CC(C)(C)OC(=O)NCCCn1cc(NC(=O)c2ccc(OC[C@H](ON3C(=O)c4ccccc4C3=O)C([Si])C(=O)OC(C)(C)C)cc2)c[n+]1CC1CN(C(=O)OC(C)(C)C)C1. The Bertz CT molecular complexity index is 2060. The summed E-state index contributed by atoms with van der Waals surface area (Å²) in [5.41, 5.74) is -1.97. The standard InChI is InChI=1S/C43H55N6O11Si/c1-41(2,3)57-38(53)34(61)33(60-49-36(51)31-13-10-11-14-32(31)37(49)52)26-56-30-17-15-28(16-18-30)35(50)45-29-24-47(20-12-19-44-39(54)58-42(4,5)6)48(25-29)23-27-21-46(22-27)40(55)59-43(7,8)9/h10-11,13-18,24-25,27,33-34H,12,19-23,26H2,1-9H3,(H-,44,45,50,54)/p+1/t33-,34?/m0/s1. The summed E-state index contributed by atoms with van der Waals surface area (Å²) in [6, 6.07) is 12.6. The number of imide groups is 1. The number of benzene rings is 2. The van der Waals surface area contributed by atoms with Gasteiger partial charge < -0.3 is 34.5 Å². The minimum absolute atomic E-state index is 0.156.